The fourth-order valence-electron chi connectivity index (χ4n) is 1.73. The standard InChI is InChI=1S/C14H13NO2/c1-17-14-7-3-2-5-11(14)9-13-12(10-16)6-4-8-15-13/h2-8,10H,9H2,1H3. The number of nitrogens with zero attached hydrogens (tertiary/aromatic N) is 1. The fourth-order valence-corrected chi connectivity index (χ4v) is 1.73. The van der Waals surface area contributed by atoms with E-state index in [2.05, 4.69) is 4.98 Å². The van der Waals surface area contributed by atoms with Gasteiger partial charge in [0.05, 0.1) is 12.8 Å². The monoisotopic (exact) mass is 227 g/mol. The van der Waals surface area contributed by atoms with Gasteiger partial charge in [-0.3, -0.25) is 9.78 Å². The highest BCUT2D eigenvalue weighted by Crippen LogP contribution is 2.20. The van der Waals surface area contributed by atoms with E-state index in [1.54, 1.807) is 25.4 Å². The molecule has 1 heterocycles. The lowest BCUT2D eigenvalue weighted by molar-refractivity contribution is 0.112. The van der Waals surface area contributed by atoms with E-state index in [1.807, 2.05) is 24.3 Å². The Labute approximate surface area is 100 Å². The Morgan fingerprint density at radius 1 is 1.24 bits per heavy atom. The largest absolute Gasteiger partial charge is 0.496 e. The Hall–Kier alpha value is -2.16. The third-order valence-corrected chi connectivity index (χ3v) is 2.60. The number of hydrogen-bond acceptors (Lipinski definition) is 3. The van der Waals surface area contributed by atoms with Crippen LogP contribution in [0.5, 0.6) is 5.75 Å². The number of carbonyl (C=O) groups excluding carboxylic acids is 1. The minimum absolute atomic E-state index is 0.596. The molecule has 17 heavy (non-hydrogen) atoms. The van der Waals surface area contributed by atoms with E-state index >= 15 is 0 Å². The van der Waals surface area contributed by atoms with Gasteiger partial charge in [0.25, 0.3) is 0 Å². The van der Waals surface area contributed by atoms with E-state index in [0.717, 1.165) is 23.3 Å². The highest BCUT2D eigenvalue weighted by Gasteiger charge is 2.07. The minimum atomic E-state index is 0.596. The van der Waals surface area contributed by atoms with Crippen molar-refractivity contribution in [2.45, 2.75) is 6.42 Å². The van der Waals surface area contributed by atoms with Gasteiger partial charge in [0.1, 0.15) is 5.75 Å². The van der Waals surface area contributed by atoms with Gasteiger partial charge in [-0.2, -0.15) is 0 Å². The van der Waals surface area contributed by atoms with Gasteiger partial charge in [0.2, 0.25) is 0 Å². The summed E-state index contributed by atoms with van der Waals surface area (Å²) in [6, 6.07) is 11.3. The molecule has 2 aromatic rings. The molecule has 0 aliphatic carbocycles. The molecule has 0 N–H and O–H groups in total. The van der Waals surface area contributed by atoms with Crippen LogP contribution in [0.25, 0.3) is 0 Å². The number of ether oxygens (including phenoxy) is 1. The van der Waals surface area contributed by atoms with Gasteiger partial charge in [-0.05, 0) is 18.2 Å². The molecule has 3 nitrogen and oxygen atoms in total. The fraction of sp³-hybridized carbons (Fsp3) is 0.143. The van der Waals surface area contributed by atoms with Gasteiger partial charge >= 0.3 is 0 Å². The SMILES string of the molecule is COc1ccccc1Cc1ncccc1C=O. The van der Waals surface area contributed by atoms with Crippen molar-refractivity contribution in [3.63, 3.8) is 0 Å². The van der Waals surface area contributed by atoms with Crippen LogP contribution < -0.4 is 4.74 Å². The molecule has 2 rings (SSSR count). The molecule has 1 aromatic heterocycles. The zero-order valence-electron chi connectivity index (χ0n) is 9.59. The summed E-state index contributed by atoms with van der Waals surface area (Å²) < 4.78 is 5.27. The number of aromatic nitrogens is 1. The summed E-state index contributed by atoms with van der Waals surface area (Å²) in [7, 11) is 1.64. The first-order valence-corrected chi connectivity index (χ1v) is 5.36. The van der Waals surface area contributed by atoms with Gasteiger partial charge in [-0.15, -0.1) is 0 Å². The number of pyridine rings is 1. The quantitative estimate of drug-likeness (QED) is 0.753. The third kappa shape index (κ3) is 2.50. The van der Waals surface area contributed by atoms with E-state index in [-0.39, 0.29) is 0 Å². The number of aldehydes is 1. The van der Waals surface area contributed by atoms with Crippen molar-refractivity contribution >= 4 is 6.29 Å². The van der Waals surface area contributed by atoms with Crippen LogP contribution in [0.1, 0.15) is 21.6 Å². The summed E-state index contributed by atoms with van der Waals surface area (Å²) in [6.07, 6.45) is 3.12. The van der Waals surface area contributed by atoms with Crippen LogP contribution in [0.2, 0.25) is 0 Å². The topological polar surface area (TPSA) is 39.2 Å². The Kier molecular flexibility index (Phi) is 3.50. The number of carbonyl (C=O) groups is 1. The predicted molar refractivity (Wildman–Crippen MR) is 65.4 cm³/mol. The highest BCUT2D eigenvalue weighted by molar-refractivity contribution is 5.76. The van der Waals surface area contributed by atoms with Crippen LogP contribution in [0.15, 0.2) is 42.6 Å². The van der Waals surface area contributed by atoms with Crippen molar-refractivity contribution in [3.8, 4) is 5.75 Å². The van der Waals surface area contributed by atoms with Crippen molar-refractivity contribution in [2.24, 2.45) is 0 Å². The van der Waals surface area contributed by atoms with E-state index in [0.29, 0.717) is 12.0 Å². The molecule has 0 saturated heterocycles. The maximum Gasteiger partial charge on any atom is 0.151 e. The summed E-state index contributed by atoms with van der Waals surface area (Å²) in [5.41, 5.74) is 2.42. The van der Waals surface area contributed by atoms with E-state index < -0.39 is 0 Å². The lowest BCUT2D eigenvalue weighted by Crippen LogP contribution is -1.99. The molecular formula is C14H13NO2. The molecule has 0 aliphatic rings. The molecule has 0 fully saturated rings. The van der Waals surface area contributed by atoms with Crippen LogP contribution in [-0.4, -0.2) is 18.4 Å². The lowest BCUT2D eigenvalue weighted by Gasteiger charge is -2.08. The second-order valence-electron chi connectivity index (χ2n) is 3.65. The predicted octanol–water partition coefficient (Wildman–Crippen LogP) is 2.49. The van der Waals surface area contributed by atoms with Crippen LogP contribution >= 0.6 is 0 Å². The Bertz CT molecular complexity index is 523. The molecule has 0 atom stereocenters. The van der Waals surface area contributed by atoms with Crippen molar-refractivity contribution in [1.29, 1.82) is 0 Å². The van der Waals surface area contributed by atoms with E-state index in [1.165, 1.54) is 0 Å². The molecule has 0 spiro atoms. The van der Waals surface area contributed by atoms with Gasteiger partial charge in [-0.1, -0.05) is 18.2 Å². The van der Waals surface area contributed by atoms with Crippen molar-refractivity contribution < 1.29 is 9.53 Å². The highest BCUT2D eigenvalue weighted by atomic mass is 16.5. The molecule has 0 unspecified atom stereocenters. The van der Waals surface area contributed by atoms with Gasteiger partial charge < -0.3 is 4.74 Å². The molecule has 86 valence electrons. The van der Waals surface area contributed by atoms with Crippen molar-refractivity contribution in [3.05, 3.63) is 59.4 Å². The van der Waals surface area contributed by atoms with Crippen LogP contribution in [0, 0.1) is 0 Å². The summed E-state index contributed by atoms with van der Waals surface area (Å²) in [5.74, 6) is 0.815. The van der Waals surface area contributed by atoms with Crippen LogP contribution in [-0.2, 0) is 6.42 Å². The van der Waals surface area contributed by atoms with Gasteiger partial charge in [0, 0.05) is 23.7 Å². The summed E-state index contributed by atoms with van der Waals surface area (Å²) in [5, 5.41) is 0. The number of methoxy groups -OCH3 is 1. The number of hydrogen-bond donors (Lipinski definition) is 0. The maximum atomic E-state index is 10.9. The summed E-state index contributed by atoms with van der Waals surface area (Å²) in [6.45, 7) is 0. The molecule has 0 bridgehead atoms. The van der Waals surface area contributed by atoms with E-state index in [9.17, 15) is 4.79 Å². The maximum absolute atomic E-state index is 10.9. The van der Waals surface area contributed by atoms with Crippen molar-refractivity contribution in [1.82, 2.24) is 4.98 Å². The molecule has 0 saturated carbocycles. The van der Waals surface area contributed by atoms with E-state index in [4.69, 9.17) is 4.74 Å². The average molecular weight is 227 g/mol. The number of benzene rings is 1. The molecule has 0 radical (unpaired) electrons. The first kappa shape index (κ1) is 11.3. The molecule has 0 aliphatic heterocycles. The van der Waals surface area contributed by atoms with Crippen molar-refractivity contribution in [2.75, 3.05) is 7.11 Å². The normalized spacial score (nSPS) is 9.94. The zero-order chi connectivity index (χ0) is 12.1. The second kappa shape index (κ2) is 5.25. The Morgan fingerprint density at radius 3 is 2.82 bits per heavy atom. The second-order valence-corrected chi connectivity index (χ2v) is 3.65. The molecule has 0 amide bonds. The zero-order valence-corrected chi connectivity index (χ0v) is 9.59. The summed E-state index contributed by atoms with van der Waals surface area (Å²) in [4.78, 5) is 15.1. The number of rotatable bonds is 4. The van der Waals surface area contributed by atoms with Gasteiger partial charge in [0.15, 0.2) is 6.29 Å². The third-order valence-electron chi connectivity index (χ3n) is 2.60. The van der Waals surface area contributed by atoms with Gasteiger partial charge in [-0.25, -0.2) is 0 Å². The first-order valence-electron chi connectivity index (χ1n) is 5.36. The molecule has 1 aromatic carbocycles. The first-order chi connectivity index (χ1) is 8.35. The molecular weight excluding hydrogens is 214 g/mol. The number of para-hydroxylation sites is 1. The van der Waals surface area contributed by atoms with Crippen LogP contribution in [0.4, 0.5) is 0 Å². The molecule has 3 heteroatoms. The van der Waals surface area contributed by atoms with Crippen LogP contribution in [0.3, 0.4) is 0 Å². The smallest absolute Gasteiger partial charge is 0.151 e. The average Bonchev–Trinajstić information content (AvgIpc) is 2.40. The Morgan fingerprint density at radius 2 is 2.06 bits per heavy atom. The summed E-state index contributed by atoms with van der Waals surface area (Å²) >= 11 is 0. The Balaban J connectivity index is 2.34. The minimum Gasteiger partial charge on any atom is -0.496 e. The lowest BCUT2D eigenvalue weighted by atomic mass is 10.0.